The molecule has 1 saturated heterocycles. The van der Waals surface area contributed by atoms with Gasteiger partial charge in [0.1, 0.15) is 0 Å². The molecule has 0 bridgehead atoms. The van der Waals surface area contributed by atoms with Crippen LogP contribution in [0.1, 0.15) is 58.3 Å². The van der Waals surface area contributed by atoms with E-state index in [0.29, 0.717) is 5.41 Å². The van der Waals surface area contributed by atoms with Crippen molar-refractivity contribution in [2.45, 2.75) is 64.3 Å². The lowest BCUT2D eigenvalue weighted by atomic mass is 9.68. The highest BCUT2D eigenvalue weighted by molar-refractivity contribution is 4.93. The van der Waals surface area contributed by atoms with E-state index in [0.717, 1.165) is 12.6 Å². The summed E-state index contributed by atoms with van der Waals surface area (Å²) < 4.78 is 0. The molecule has 0 radical (unpaired) electrons. The van der Waals surface area contributed by atoms with Crippen LogP contribution in [0.2, 0.25) is 0 Å². The van der Waals surface area contributed by atoms with E-state index >= 15 is 0 Å². The predicted molar refractivity (Wildman–Crippen MR) is 69.5 cm³/mol. The Hall–Kier alpha value is -0.0800. The molecule has 2 nitrogen and oxygen atoms in total. The summed E-state index contributed by atoms with van der Waals surface area (Å²) in [4.78, 5) is 2.76. The third kappa shape index (κ3) is 2.60. The molecule has 2 fully saturated rings. The summed E-state index contributed by atoms with van der Waals surface area (Å²) in [6.45, 7) is 5.83. The van der Waals surface area contributed by atoms with E-state index in [1.807, 2.05) is 0 Å². The second kappa shape index (κ2) is 5.50. The normalized spacial score (nSPS) is 30.0. The number of nitrogens with two attached hydrogens (primary N) is 1. The van der Waals surface area contributed by atoms with Crippen molar-refractivity contribution in [1.82, 2.24) is 4.90 Å². The zero-order valence-corrected chi connectivity index (χ0v) is 10.9. The van der Waals surface area contributed by atoms with Gasteiger partial charge in [0.15, 0.2) is 0 Å². The van der Waals surface area contributed by atoms with Gasteiger partial charge in [-0.25, -0.2) is 0 Å². The molecule has 1 heterocycles. The lowest BCUT2D eigenvalue weighted by molar-refractivity contribution is 0.0325. The van der Waals surface area contributed by atoms with Gasteiger partial charge in [0.25, 0.3) is 0 Å². The van der Waals surface area contributed by atoms with Crippen molar-refractivity contribution in [3.63, 3.8) is 0 Å². The fourth-order valence-corrected chi connectivity index (χ4v) is 3.46. The van der Waals surface area contributed by atoms with Gasteiger partial charge in [0.2, 0.25) is 0 Å². The molecule has 1 aliphatic carbocycles. The van der Waals surface area contributed by atoms with E-state index in [4.69, 9.17) is 5.73 Å². The Morgan fingerprint density at radius 3 is 2.62 bits per heavy atom. The number of rotatable bonds is 5. The zero-order chi connectivity index (χ0) is 11.4. The highest BCUT2D eigenvalue weighted by atomic mass is 15.2. The summed E-state index contributed by atoms with van der Waals surface area (Å²) in [5, 5.41) is 0. The Bertz CT molecular complexity index is 203. The first kappa shape index (κ1) is 12.4. The first-order valence-electron chi connectivity index (χ1n) is 7.24. The predicted octanol–water partition coefficient (Wildman–Crippen LogP) is 2.77. The molecule has 0 aromatic heterocycles. The Kier molecular flexibility index (Phi) is 4.26. The van der Waals surface area contributed by atoms with Crippen LogP contribution in [0.5, 0.6) is 0 Å². The number of hydrogen-bond acceptors (Lipinski definition) is 2. The van der Waals surface area contributed by atoms with Crippen LogP contribution in [0.3, 0.4) is 0 Å². The number of nitrogens with zero attached hydrogens (tertiary/aromatic N) is 1. The van der Waals surface area contributed by atoms with Crippen LogP contribution in [0.4, 0.5) is 0 Å². The molecule has 1 unspecified atom stereocenters. The summed E-state index contributed by atoms with van der Waals surface area (Å²) in [7, 11) is 0. The molecule has 16 heavy (non-hydrogen) atoms. The molecule has 2 N–H and O–H groups in total. The third-order valence-corrected chi connectivity index (χ3v) is 4.76. The maximum absolute atomic E-state index is 5.98. The molecule has 1 saturated carbocycles. The van der Waals surface area contributed by atoms with E-state index in [9.17, 15) is 0 Å². The first-order chi connectivity index (χ1) is 7.79. The summed E-state index contributed by atoms with van der Waals surface area (Å²) in [6, 6.07) is 0.864. The Labute approximate surface area is 101 Å². The van der Waals surface area contributed by atoms with Crippen LogP contribution in [-0.2, 0) is 0 Å². The average molecular weight is 224 g/mol. The molecule has 0 aromatic rings. The minimum Gasteiger partial charge on any atom is -0.330 e. The van der Waals surface area contributed by atoms with Crippen LogP contribution in [0, 0.1) is 5.41 Å². The topological polar surface area (TPSA) is 29.3 Å². The molecule has 2 rings (SSSR count). The van der Waals surface area contributed by atoms with Crippen LogP contribution >= 0.6 is 0 Å². The monoisotopic (exact) mass is 224 g/mol. The van der Waals surface area contributed by atoms with Crippen LogP contribution in [0.25, 0.3) is 0 Å². The van der Waals surface area contributed by atoms with E-state index < -0.39 is 0 Å². The molecule has 1 aliphatic heterocycles. The maximum Gasteiger partial charge on any atom is 0.00954 e. The van der Waals surface area contributed by atoms with Gasteiger partial charge in [0.05, 0.1) is 0 Å². The van der Waals surface area contributed by atoms with Crippen molar-refractivity contribution in [3.05, 3.63) is 0 Å². The van der Waals surface area contributed by atoms with Crippen LogP contribution < -0.4 is 5.73 Å². The summed E-state index contributed by atoms with van der Waals surface area (Å²) in [5.74, 6) is 0. The Morgan fingerprint density at radius 1 is 1.25 bits per heavy atom. The summed E-state index contributed by atoms with van der Waals surface area (Å²) in [5.41, 5.74) is 6.48. The van der Waals surface area contributed by atoms with Crippen molar-refractivity contribution in [2.75, 3.05) is 19.6 Å². The lowest BCUT2D eigenvalue weighted by Crippen LogP contribution is -2.51. The molecule has 1 atom stereocenters. The molecule has 2 heteroatoms. The fourth-order valence-electron chi connectivity index (χ4n) is 3.46. The minimum absolute atomic E-state index is 0.503. The van der Waals surface area contributed by atoms with Gasteiger partial charge >= 0.3 is 0 Å². The van der Waals surface area contributed by atoms with Gasteiger partial charge in [-0.05, 0) is 50.6 Å². The molecule has 94 valence electrons. The van der Waals surface area contributed by atoms with Gasteiger partial charge in [-0.1, -0.05) is 26.2 Å². The molecule has 0 aromatic carbocycles. The Morgan fingerprint density at radius 2 is 2.06 bits per heavy atom. The van der Waals surface area contributed by atoms with Crippen molar-refractivity contribution in [1.29, 1.82) is 0 Å². The SMILES string of the molecule is CCCC1CCCCN1CC1(CN)CCC1. The summed E-state index contributed by atoms with van der Waals surface area (Å²) in [6.07, 6.45) is 11.1. The molecular formula is C14H28N2. The number of hydrogen-bond donors (Lipinski definition) is 1. The lowest BCUT2D eigenvalue weighted by Gasteiger charge is -2.47. The van der Waals surface area contributed by atoms with E-state index in [1.54, 1.807) is 0 Å². The largest absolute Gasteiger partial charge is 0.330 e. The van der Waals surface area contributed by atoms with Crippen LogP contribution in [0.15, 0.2) is 0 Å². The second-order valence-electron chi connectivity index (χ2n) is 5.97. The smallest absolute Gasteiger partial charge is 0.00954 e. The second-order valence-corrected chi connectivity index (χ2v) is 5.97. The van der Waals surface area contributed by atoms with Gasteiger partial charge in [-0.2, -0.15) is 0 Å². The molecule has 0 amide bonds. The van der Waals surface area contributed by atoms with Gasteiger partial charge < -0.3 is 5.73 Å². The number of likely N-dealkylation sites (tertiary alicyclic amines) is 1. The molecule has 2 aliphatic rings. The van der Waals surface area contributed by atoms with E-state index in [1.165, 1.54) is 64.5 Å². The van der Waals surface area contributed by atoms with Crippen molar-refractivity contribution in [2.24, 2.45) is 11.1 Å². The average Bonchev–Trinajstić information content (AvgIpc) is 2.26. The van der Waals surface area contributed by atoms with E-state index in [2.05, 4.69) is 11.8 Å². The quantitative estimate of drug-likeness (QED) is 0.778. The van der Waals surface area contributed by atoms with Crippen molar-refractivity contribution >= 4 is 0 Å². The first-order valence-corrected chi connectivity index (χ1v) is 7.24. The molecule has 0 spiro atoms. The van der Waals surface area contributed by atoms with Crippen molar-refractivity contribution in [3.8, 4) is 0 Å². The minimum atomic E-state index is 0.503. The highest BCUT2D eigenvalue weighted by Gasteiger charge is 2.38. The standard InChI is InChI=1S/C14H28N2/c1-2-6-13-7-3-4-10-16(13)12-14(11-15)8-5-9-14/h13H,2-12,15H2,1H3. The maximum atomic E-state index is 5.98. The Balaban J connectivity index is 1.89. The number of piperidine rings is 1. The van der Waals surface area contributed by atoms with Gasteiger partial charge in [0, 0.05) is 12.6 Å². The van der Waals surface area contributed by atoms with Crippen molar-refractivity contribution < 1.29 is 0 Å². The van der Waals surface area contributed by atoms with Gasteiger partial charge in [-0.3, -0.25) is 4.90 Å². The van der Waals surface area contributed by atoms with E-state index in [-0.39, 0.29) is 0 Å². The highest BCUT2D eigenvalue weighted by Crippen LogP contribution is 2.41. The van der Waals surface area contributed by atoms with Crippen LogP contribution in [-0.4, -0.2) is 30.6 Å². The summed E-state index contributed by atoms with van der Waals surface area (Å²) >= 11 is 0. The third-order valence-electron chi connectivity index (χ3n) is 4.76. The molecular weight excluding hydrogens is 196 g/mol. The fraction of sp³-hybridized carbons (Fsp3) is 1.00. The van der Waals surface area contributed by atoms with Gasteiger partial charge in [-0.15, -0.1) is 0 Å². The zero-order valence-electron chi connectivity index (χ0n) is 10.9.